The highest BCUT2D eigenvalue weighted by Gasteiger charge is 2.20. The Bertz CT molecular complexity index is 614. The van der Waals surface area contributed by atoms with Crippen LogP contribution in [0, 0.1) is 0 Å². The highest BCUT2D eigenvalue weighted by molar-refractivity contribution is 5.98. The summed E-state index contributed by atoms with van der Waals surface area (Å²) in [6, 6.07) is 3.84. The largest absolute Gasteiger partial charge is 0.365 e. The Kier molecular flexibility index (Phi) is 2.83. The summed E-state index contributed by atoms with van der Waals surface area (Å²) in [4.78, 5) is 17.7. The molecule has 2 aromatic rings. The van der Waals surface area contributed by atoms with Crippen LogP contribution >= 0.6 is 0 Å². The fourth-order valence-electron chi connectivity index (χ4n) is 2.46. The quantitative estimate of drug-likeness (QED) is 0.775. The average Bonchev–Trinajstić information content (AvgIpc) is 2.87. The number of piperidine rings is 1. The van der Waals surface area contributed by atoms with Crippen molar-refractivity contribution in [1.29, 1.82) is 0 Å². The molecule has 7 heteroatoms. The fraction of sp³-hybridized carbons (Fsp3) is 0.417. The van der Waals surface area contributed by atoms with E-state index in [4.69, 9.17) is 11.5 Å². The van der Waals surface area contributed by atoms with Gasteiger partial charge in [-0.2, -0.15) is 9.61 Å². The lowest BCUT2D eigenvalue weighted by Gasteiger charge is -2.31. The summed E-state index contributed by atoms with van der Waals surface area (Å²) >= 11 is 0. The van der Waals surface area contributed by atoms with Crippen molar-refractivity contribution in [2.24, 2.45) is 11.5 Å². The van der Waals surface area contributed by atoms with Gasteiger partial charge in [0.2, 0.25) is 0 Å². The first-order valence-electron chi connectivity index (χ1n) is 6.30. The summed E-state index contributed by atoms with van der Waals surface area (Å²) in [6.45, 7) is 1.76. The van der Waals surface area contributed by atoms with Gasteiger partial charge >= 0.3 is 0 Å². The maximum absolute atomic E-state index is 11.4. The van der Waals surface area contributed by atoms with E-state index in [2.05, 4.69) is 15.0 Å². The molecular formula is C12H16N6O. The standard InChI is InChI=1S/C12H16N6O/c13-8-3-5-17(6-4-8)10-2-1-9(11(14)19)12-15-7-16-18(10)12/h1-2,7-8H,3-6,13H2,(H2,14,19). The van der Waals surface area contributed by atoms with Crippen LogP contribution in [0.3, 0.4) is 0 Å². The molecule has 0 radical (unpaired) electrons. The van der Waals surface area contributed by atoms with E-state index in [1.54, 1.807) is 10.6 Å². The molecule has 2 aromatic heterocycles. The number of hydrogen-bond donors (Lipinski definition) is 2. The van der Waals surface area contributed by atoms with Crippen molar-refractivity contribution in [2.75, 3.05) is 18.0 Å². The van der Waals surface area contributed by atoms with Gasteiger partial charge in [-0.05, 0) is 25.0 Å². The summed E-state index contributed by atoms with van der Waals surface area (Å²) in [5.74, 6) is 0.426. The third kappa shape index (κ3) is 2.01. The van der Waals surface area contributed by atoms with Gasteiger partial charge in [-0.15, -0.1) is 0 Å². The van der Waals surface area contributed by atoms with E-state index in [1.807, 2.05) is 6.07 Å². The number of primary amides is 1. The first-order chi connectivity index (χ1) is 9.16. The van der Waals surface area contributed by atoms with Crippen molar-refractivity contribution >= 4 is 17.4 Å². The van der Waals surface area contributed by atoms with Crippen molar-refractivity contribution in [3.8, 4) is 0 Å². The Balaban J connectivity index is 2.03. The van der Waals surface area contributed by atoms with Crippen LogP contribution < -0.4 is 16.4 Å². The summed E-state index contributed by atoms with van der Waals surface area (Å²) in [6.07, 6.45) is 3.34. The number of anilines is 1. The van der Waals surface area contributed by atoms with Crippen LogP contribution in [0.15, 0.2) is 18.5 Å². The van der Waals surface area contributed by atoms with E-state index in [-0.39, 0.29) is 6.04 Å². The molecule has 100 valence electrons. The van der Waals surface area contributed by atoms with Crippen LogP contribution in [-0.4, -0.2) is 39.6 Å². The SMILES string of the molecule is NC(=O)c1ccc(N2CCC(N)CC2)n2ncnc12. The lowest BCUT2D eigenvalue weighted by Crippen LogP contribution is -2.40. The zero-order valence-electron chi connectivity index (χ0n) is 10.5. The topological polar surface area (TPSA) is 103 Å². The van der Waals surface area contributed by atoms with Crippen molar-refractivity contribution in [1.82, 2.24) is 14.6 Å². The van der Waals surface area contributed by atoms with Crippen LogP contribution in [0.2, 0.25) is 0 Å². The molecule has 19 heavy (non-hydrogen) atoms. The molecule has 0 atom stereocenters. The Morgan fingerprint density at radius 2 is 2.05 bits per heavy atom. The molecule has 0 unspecified atom stereocenters. The van der Waals surface area contributed by atoms with Gasteiger partial charge in [-0.25, -0.2) is 4.98 Å². The molecule has 1 saturated heterocycles. The molecule has 3 rings (SSSR count). The smallest absolute Gasteiger partial charge is 0.252 e. The van der Waals surface area contributed by atoms with Gasteiger partial charge < -0.3 is 16.4 Å². The molecule has 0 aliphatic carbocycles. The zero-order chi connectivity index (χ0) is 13.4. The Morgan fingerprint density at radius 1 is 1.32 bits per heavy atom. The third-order valence-electron chi connectivity index (χ3n) is 3.53. The lowest BCUT2D eigenvalue weighted by molar-refractivity contribution is 0.100. The zero-order valence-corrected chi connectivity index (χ0v) is 10.5. The average molecular weight is 260 g/mol. The first-order valence-corrected chi connectivity index (χ1v) is 6.30. The highest BCUT2D eigenvalue weighted by atomic mass is 16.1. The van der Waals surface area contributed by atoms with E-state index in [0.29, 0.717) is 11.2 Å². The number of hydrogen-bond acceptors (Lipinski definition) is 5. The van der Waals surface area contributed by atoms with E-state index in [1.165, 1.54) is 6.33 Å². The fourth-order valence-corrected chi connectivity index (χ4v) is 2.46. The van der Waals surface area contributed by atoms with Crippen LogP contribution in [-0.2, 0) is 0 Å². The number of carbonyl (C=O) groups excluding carboxylic acids is 1. The van der Waals surface area contributed by atoms with Gasteiger partial charge in [-0.1, -0.05) is 0 Å². The molecule has 7 nitrogen and oxygen atoms in total. The Labute approximate surface area is 110 Å². The summed E-state index contributed by atoms with van der Waals surface area (Å²) < 4.78 is 1.66. The number of rotatable bonds is 2. The minimum absolute atomic E-state index is 0.271. The molecule has 4 N–H and O–H groups in total. The molecule has 1 aliphatic rings. The number of carbonyl (C=O) groups is 1. The molecule has 0 aromatic carbocycles. The van der Waals surface area contributed by atoms with Crippen LogP contribution in [0.25, 0.3) is 5.65 Å². The van der Waals surface area contributed by atoms with Crippen LogP contribution in [0.4, 0.5) is 5.82 Å². The molecule has 0 saturated carbocycles. The first kappa shape index (κ1) is 11.9. The summed E-state index contributed by atoms with van der Waals surface area (Å²) in [5.41, 5.74) is 12.1. The van der Waals surface area contributed by atoms with Gasteiger partial charge in [-0.3, -0.25) is 4.79 Å². The number of pyridine rings is 1. The lowest BCUT2D eigenvalue weighted by atomic mass is 10.1. The van der Waals surface area contributed by atoms with Crippen molar-refractivity contribution < 1.29 is 4.79 Å². The summed E-state index contributed by atoms with van der Waals surface area (Å²) in [7, 11) is 0. The molecular weight excluding hydrogens is 244 g/mol. The second kappa shape index (κ2) is 4.51. The van der Waals surface area contributed by atoms with Crippen molar-refractivity contribution in [3.05, 3.63) is 24.0 Å². The highest BCUT2D eigenvalue weighted by Crippen LogP contribution is 2.21. The van der Waals surface area contributed by atoms with Crippen LogP contribution in [0.1, 0.15) is 23.2 Å². The molecule has 1 fully saturated rings. The molecule has 0 spiro atoms. The normalized spacial score (nSPS) is 17.0. The minimum atomic E-state index is -0.495. The number of nitrogens with two attached hydrogens (primary N) is 2. The van der Waals surface area contributed by atoms with Crippen molar-refractivity contribution in [2.45, 2.75) is 18.9 Å². The predicted octanol–water partition coefficient (Wildman–Crippen LogP) is -0.244. The van der Waals surface area contributed by atoms with Gasteiger partial charge in [0.15, 0.2) is 5.65 Å². The van der Waals surface area contributed by atoms with E-state index in [9.17, 15) is 4.79 Å². The second-order valence-corrected chi connectivity index (χ2v) is 4.79. The van der Waals surface area contributed by atoms with Gasteiger partial charge in [0.25, 0.3) is 5.91 Å². The molecule has 3 heterocycles. The number of nitrogens with zero attached hydrogens (tertiary/aromatic N) is 4. The summed E-state index contributed by atoms with van der Waals surface area (Å²) in [5, 5.41) is 4.18. The third-order valence-corrected chi connectivity index (χ3v) is 3.53. The van der Waals surface area contributed by atoms with E-state index in [0.717, 1.165) is 31.7 Å². The number of aromatic nitrogens is 3. The second-order valence-electron chi connectivity index (χ2n) is 4.79. The van der Waals surface area contributed by atoms with Gasteiger partial charge in [0, 0.05) is 19.1 Å². The molecule has 1 amide bonds. The van der Waals surface area contributed by atoms with E-state index >= 15 is 0 Å². The molecule has 1 aliphatic heterocycles. The number of fused-ring (bicyclic) bond motifs is 1. The van der Waals surface area contributed by atoms with Crippen molar-refractivity contribution in [3.63, 3.8) is 0 Å². The number of amides is 1. The Hall–Kier alpha value is -2.15. The van der Waals surface area contributed by atoms with Gasteiger partial charge in [0.05, 0.1) is 5.56 Å². The van der Waals surface area contributed by atoms with Crippen LogP contribution in [0.5, 0.6) is 0 Å². The maximum Gasteiger partial charge on any atom is 0.252 e. The maximum atomic E-state index is 11.4. The Morgan fingerprint density at radius 3 is 2.74 bits per heavy atom. The minimum Gasteiger partial charge on any atom is -0.365 e. The van der Waals surface area contributed by atoms with Gasteiger partial charge in [0.1, 0.15) is 12.1 Å². The monoisotopic (exact) mass is 260 g/mol. The van der Waals surface area contributed by atoms with E-state index < -0.39 is 5.91 Å². The molecule has 0 bridgehead atoms. The predicted molar refractivity (Wildman–Crippen MR) is 70.9 cm³/mol.